The first kappa shape index (κ1) is 10.5. The molecule has 1 nitrogen and oxygen atoms in total. The molecule has 0 aromatic carbocycles. The summed E-state index contributed by atoms with van der Waals surface area (Å²) >= 11 is 0. The Bertz CT molecular complexity index is 307. The molecule has 1 heterocycles. The lowest BCUT2D eigenvalue weighted by atomic mass is 9.96. The molecule has 0 amide bonds. The zero-order chi connectivity index (χ0) is 10.5. The number of ether oxygens (including phenoxy) is 1. The molecule has 0 radical (unpaired) electrons. The predicted molar refractivity (Wildman–Crippen MR) is 63.3 cm³/mol. The molecule has 1 aliphatic carbocycles. The largest absolute Gasteiger partial charge is 0.472 e. The Balaban J connectivity index is 1.85. The molecule has 0 saturated heterocycles. The van der Waals surface area contributed by atoms with Crippen LogP contribution in [0.25, 0.3) is 0 Å². The Kier molecular flexibility index (Phi) is 3.65. The van der Waals surface area contributed by atoms with Gasteiger partial charge in [0.1, 0.15) is 0 Å². The number of hydrogen-bond donors (Lipinski definition) is 0. The first-order chi connectivity index (χ1) is 7.42. The van der Waals surface area contributed by atoms with Crippen molar-refractivity contribution in [2.24, 2.45) is 0 Å². The van der Waals surface area contributed by atoms with Crippen molar-refractivity contribution >= 4 is 0 Å². The molecule has 0 atom stereocenters. The first-order valence-electron chi connectivity index (χ1n) is 6.16. The zero-order valence-electron chi connectivity index (χ0n) is 9.59. The van der Waals surface area contributed by atoms with Crippen molar-refractivity contribution < 1.29 is 4.74 Å². The van der Waals surface area contributed by atoms with Crippen LogP contribution >= 0.6 is 0 Å². The van der Waals surface area contributed by atoms with E-state index in [9.17, 15) is 0 Å². The van der Waals surface area contributed by atoms with Crippen molar-refractivity contribution in [3.05, 3.63) is 35.3 Å². The molecule has 0 unspecified atom stereocenters. The Morgan fingerprint density at radius 2 is 2.13 bits per heavy atom. The van der Waals surface area contributed by atoms with Crippen LogP contribution in [0.4, 0.5) is 0 Å². The Labute approximate surface area is 92.5 Å². The second kappa shape index (κ2) is 5.20. The van der Waals surface area contributed by atoms with Crippen molar-refractivity contribution in [2.45, 2.75) is 51.9 Å². The van der Waals surface area contributed by atoms with Crippen LogP contribution in [-0.4, -0.2) is 0 Å². The van der Waals surface area contributed by atoms with E-state index in [0.29, 0.717) is 0 Å². The second-order valence-electron chi connectivity index (χ2n) is 4.39. The molecule has 0 saturated carbocycles. The van der Waals surface area contributed by atoms with Gasteiger partial charge in [0.25, 0.3) is 0 Å². The summed E-state index contributed by atoms with van der Waals surface area (Å²) in [6.07, 6.45) is 15.1. The minimum atomic E-state index is 1.17. The van der Waals surface area contributed by atoms with Gasteiger partial charge in [0.2, 0.25) is 0 Å². The van der Waals surface area contributed by atoms with E-state index in [1.807, 2.05) is 12.5 Å². The van der Waals surface area contributed by atoms with Crippen LogP contribution in [0.1, 0.15) is 51.9 Å². The molecule has 1 aliphatic heterocycles. The van der Waals surface area contributed by atoms with E-state index < -0.39 is 0 Å². The number of allylic oxidation sites excluding steroid dienone is 4. The van der Waals surface area contributed by atoms with Gasteiger partial charge in [0.05, 0.1) is 12.5 Å². The van der Waals surface area contributed by atoms with Crippen LogP contribution in [-0.2, 0) is 4.74 Å². The lowest BCUT2D eigenvalue weighted by molar-refractivity contribution is 0.385. The Morgan fingerprint density at radius 3 is 3.00 bits per heavy atom. The average Bonchev–Trinajstić information content (AvgIpc) is 2.73. The first-order valence-corrected chi connectivity index (χ1v) is 6.16. The van der Waals surface area contributed by atoms with E-state index in [-0.39, 0.29) is 0 Å². The highest BCUT2D eigenvalue weighted by Crippen LogP contribution is 2.35. The fourth-order valence-corrected chi connectivity index (χ4v) is 2.30. The predicted octanol–water partition coefficient (Wildman–Crippen LogP) is 4.48. The fraction of sp³-hybridized carbons (Fsp3) is 0.571. The molecule has 0 spiro atoms. The molecule has 0 N–H and O–H groups in total. The quantitative estimate of drug-likeness (QED) is 0.600. The third-order valence-corrected chi connectivity index (χ3v) is 3.17. The SMILES string of the molecule is CCCCCCC1=COC=C2CCC=C21. The summed E-state index contributed by atoms with van der Waals surface area (Å²) in [5.74, 6) is 0. The minimum absolute atomic E-state index is 1.17. The summed E-state index contributed by atoms with van der Waals surface area (Å²) in [7, 11) is 0. The maximum Gasteiger partial charge on any atom is 0.0939 e. The highest BCUT2D eigenvalue weighted by Gasteiger charge is 2.18. The van der Waals surface area contributed by atoms with Crippen LogP contribution in [0.5, 0.6) is 0 Å². The molecular formula is C14H20O. The maximum atomic E-state index is 5.39. The van der Waals surface area contributed by atoms with Gasteiger partial charge in [-0.3, -0.25) is 0 Å². The molecule has 82 valence electrons. The van der Waals surface area contributed by atoms with Gasteiger partial charge in [-0.25, -0.2) is 0 Å². The molecular weight excluding hydrogens is 184 g/mol. The van der Waals surface area contributed by atoms with E-state index in [0.717, 1.165) is 0 Å². The van der Waals surface area contributed by atoms with Gasteiger partial charge in [0, 0.05) is 0 Å². The Morgan fingerprint density at radius 1 is 1.20 bits per heavy atom. The van der Waals surface area contributed by atoms with Crippen molar-refractivity contribution in [2.75, 3.05) is 0 Å². The summed E-state index contributed by atoms with van der Waals surface area (Å²) in [6.45, 7) is 2.25. The van der Waals surface area contributed by atoms with Gasteiger partial charge in [-0.1, -0.05) is 32.3 Å². The van der Waals surface area contributed by atoms with Crippen molar-refractivity contribution in [3.8, 4) is 0 Å². The van der Waals surface area contributed by atoms with Crippen LogP contribution in [0.15, 0.2) is 35.3 Å². The van der Waals surface area contributed by atoms with E-state index in [2.05, 4.69) is 13.0 Å². The van der Waals surface area contributed by atoms with Crippen LogP contribution in [0.2, 0.25) is 0 Å². The van der Waals surface area contributed by atoms with Gasteiger partial charge in [-0.2, -0.15) is 0 Å². The summed E-state index contributed by atoms with van der Waals surface area (Å²) in [5.41, 5.74) is 4.29. The van der Waals surface area contributed by atoms with Crippen LogP contribution in [0.3, 0.4) is 0 Å². The highest BCUT2D eigenvalue weighted by atomic mass is 16.5. The van der Waals surface area contributed by atoms with Gasteiger partial charge in [-0.15, -0.1) is 0 Å². The molecule has 0 bridgehead atoms. The normalized spacial score (nSPS) is 18.9. The topological polar surface area (TPSA) is 9.23 Å². The van der Waals surface area contributed by atoms with Crippen molar-refractivity contribution in [3.63, 3.8) is 0 Å². The lowest BCUT2D eigenvalue weighted by Crippen LogP contribution is -1.97. The summed E-state index contributed by atoms with van der Waals surface area (Å²) in [4.78, 5) is 0. The van der Waals surface area contributed by atoms with Crippen LogP contribution < -0.4 is 0 Å². The van der Waals surface area contributed by atoms with Gasteiger partial charge in [-0.05, 0) is 42.4 Å². The van der Waals surface area contributed by atoms with E-state index in [1.54, 1.807) is 0 Å². The molecule has 0 fully saturated rings. The van der Waals surface area contributed by atoms with Gasteiger partial charge < -0.3 is 4.74 Å². The third kappa shape index (κ3) is 2.53. The third-order valence-electron chi connectivity index (χ3n) is 3.17. The summed E-state index contributed by atoms with van der Waals surface area (Å²) in [5, 5.41) is 0. The van der Waals surface area contributed by atoms with Crippen molar-refractivity contribution in [1.29, 1.82) is 0 Å². The molecule has 2 rings (SSSR count). The lowest BCUT2D eigenvalue weighted by Gasteiger charge is -2.15. The number of rotatable bonds is 5. The number of unbranched alkanes of at least 4 members (excludes halogenated alkanes) is 3. The molecule has 2 aliphatic rings. The van der Waals surface area contributed by atoms with E-state index in [4.69, 9.17) is 4.74 Å². The second-order valence-corrected chi connectivity index (χ2v) is 4.39. The number of hydrogen-bond acceptors (Lipinski definition) is 1. The van der Waals surface area contributed by atoms with E-state index in [1.165, 1.54) is 61.7 Å². The summed E-state index contributed by atoms with van der Waals surface area (Å²) < 4.78 is 5.39. The average molecular weight is 204 g/mol. The smallest absolute Gasteiger partial charge is 0.0939 e. The summed E-state index contributed by atoms with van der Waals surface area (Å²) in [6, 6.07) is 0. The van der Waals surface area contributed by atoms with Crippen molar-refractivity contribution in [1.82, 2.24) is 0 Å². The monoisotopic (exact) mass is 204 g/mol. The molecule has 15 heavy (non-hydrogen) atoms. The number of fused-ring (bicyclic) bond motifs is 1. The van der Waals surface area contributed by atoms with Gasteiger partial charge in [0.15, 0.2) is 0 Å². The molecule has 0 aromatic rings. The zero-order valence-corrected chi connectivity index (χ0v) is 9.59. The minimum Gasteiger partial charge on any atom is -0.472 e. The maximum absolute atomic E-state index is 5.39. The molecule has 0 aromatic heterocycles. The Hall–Kier alpha value is -0.980. The van der Waals surface area contributed by atoms with Gasteiger partial charge >= 0.3 is 0 Å². The fourth-order valence-electron chi connectivity index (χ4n) is 2.30. The van der Waals surface area contributed by atoms with E-state index >= 15 is 0 Å². The standard InChI is InChI=1S/C14H20O/c1-2-3-4-5-7-12-10-15-11-13-8-6-9-14(12)13/h9-11H,2-8H2,1H3. The van der Waals surface area contributed by atoms with Crippen LogP contribution in [0, 0.1) is 0 Å². The molecule has 1 heteroatoms. The highest BCUT2D eigenvalue weighted by molar-refractivity contribution is 5.50.